The Labute approximate surface area is 649 Å². The first kappa shape index (κ1) is 63.3. The Morgan fingerprint density at radius 1 is 0.175 bits per heavy atom. The Kier molecular flexibility index (Phi) is 13.8. The van der Waals surface area contributed by atoms with Crippen LogP contribution in [0.1, 0.15) is 0 Å². The standard InChI is InChI=1S/C102H58N8O4/c1-4-21-59(22-5-1)97-103-99(65-44-49-75-74-48-43-61(56-90(74)111-91(75)57-65)60-46-51-86-82(54-60)71-29-10-13-39-84(71)109(86)67-25-6-2-7-26-67)107-102(105-97)81-38-19-36-79-93-69(32-20-42-89(93)113-96(79)81)62-23-16-24-64(53-62)98-104-100(108-101(106-98)80-37-18-35-77-73-31-12-15-41-88(73)112-95(77)80)66-45-50-76-78-34-17-33-70(94(78)114-92(76)58-66)63-47-52-87-83(55-63)72-30-11-14-40-85(72)110(87)68-27-8-3-9-28-68/h1-58H. The lowest BCUT2D eigenvalue weighted by molar-refractivity contribution is 0.668. The Bertz CT molecular complexity index is 8130. The summed E-state index contributed by atoms with van der Waals surface area (Å²) in [6.07, 6.45) is 0. The summed E-state index contributed by atoms with van der Waals surface area (Å²) in [5, 5.41) is 12.6. The normalized spacial score (nSPS) is 12.0. The second kappa shape index (κ2) is 24.9. The van der Waals surface area contributed by atoms with Crippen molar-refractivity contribution >= 4 is 131 Å². The highest BCUT2D eigenvalue weighted by Gasteiger charge is 2.25. The number of hydrogen-bond donors (Lipinski definition) is 0. The van der Waals surface area contributed by atoms with Gasteiger partial charge in [-0.15, -0.1) is 0 Å². The summed E-state index contributed by atoms with van der Waals surface area (Å²) in [7, 11) is 0. The van der Waals surface area contributed by atoms with Crippen molar-refractivity contribution in [1.29, 1.82) is 0 Å². The molecule has 0 amide bonds. The molecule has 16 aromatic carbocycles. The van der Waals surface area contributed by atoms with Crippen LogP contribution in [0.2, 0.25) is 0 Å². The van der Waals surface area contributed by atoms with Gasteiger partial charge in [-0.3, -0.25) is 0 Å². The third kappa shape index (κ3) is 9.97. The molecule has 0 aliphatic rings. The molecule has 0 atom stereocenters. The largest absolute Gasteiger partial charge is 0.456 e. The molecule has 8 aromatic heterocycles. The molecule has 24 rings (SSSR count). The SMILES string of the molecule is c1ccc(-c2nc(-c3ccc4c(c3)oc3cc(-c5ccc6c(c5)c5ccccc5n6-c5ccccc5)ccc34)nc(-c3cccc4c3oc3cccc(-c5cccc(-c6nc(-c7ccc8c(c7)oc7c(-c9ccc%10c(c9)c9ccccc9n%10-c9ccccc9)cccc78)nc(-c7cccc8c7oc7ccccc78)n6)c5)c34)n2)cc1. The first-order chi connectivity index (χ1) is 56.5. The Balaban J connectivity index is 0.598. The molecular weight excluding hydrogens is 1400 g/mol. The highest BCUT2D eigenvalue weighted by Crippen LogP contribution is 2.46. The van der Waals surface area contributed by atoms with Crippen molar-refractivity contribution in [3.63, 3.8) is 0 Å². The second-order valence-electron chi connectivity index (χ2n) is 29.2. The van der Waals surface area contributed by atoms with E-state index in [1.54, 1.807) is 0 Å². The lowest BCUT2D eigenvalue weighted by atomic mass is 9.97. The van der Waals surface area contributed by atoms with Crippen molar-refractivity contribution in [2.75, 3.05) is 0 Å². The molecule has 8 heterocycles. The number of benzene rings is 16. The van der Waals surface area contributed by atoms with Crippen molar-refractivity contribution in [1.82, 2.24) is 39.0 Å². The third-order valence-corrected chi connectivity index (χ3v) is 22.7. The summed E-state index contributed by atoms with van der Waals surface area (Å²) in [5.74, 6) is 2.91. The van der Waals surface area contributed by atoms with Gasteiger partial charge < -0.3 is 26.8 Å². The first-order valence-electron chi connectivity index (χ1n) is 38.1. The van der Waals surface area contributed by atoms with E-state index in [2.05, 4.69) is 270 Å². The van der Waals surface area contributed by atoms with E-state index >= 15 is 0 Å². The fourth-order valence-corrected chi connectivity index (χ4v) is 17.4. The van der Waals surface area contributed by atoms with Gasteiger partial charge in [-0.1, -0.05) is 224 Å². The number of fused-ring (bicyclic) bond motifs is 18. The summed E-state index contributed by atoms with van der Waals surface area (Å²) in [6.45, 7) is 0. The summed E-state index contributed by atoms with van der Waals surface area (Å²) >= 11 is 0. The predicted octanol–water partition coefficient (Wildman–Crippen LogP) is 26.9. The van der Waals surface area contributed by atoms with E-state index in [0.29, 0.717) is 57.3 Å². The van der Waals surface area contributed by atoms with Crippen LogP contribution < -0.4 is 0 Å². The number of hydrogen-bond acceptors (Lipinski definition) is 10. The summed E-state index contributed by atoms with van der Waals surface area (Å²) in [5.41, 5.74) is 23.5. The average Bonchev–Trinajstić information content (AvgIpc) is 1.59. The molecule has 0 aliphatic carbocycles. The molecule has 0 bridgehead atoms. The Morgan fingerprint density at radius 3 is 1.16 bits per heavy atom. The summed E-state index contributed by atoms with van der Waals surface area (Å²) in [4.78, 5) is 31.9. The average molecular weight is 1460 g/mol. The molecule has 0 fully saturated rings. The van der Waals surface area contributed by atoms with Gasteiger partial charge in [0.1, 0.15) is 44.7 Å². The molecule has 114 heavy (non-hydrogen) atoms. The maximum absolute atomic E-state index is 7.04. The fraction of sp³-hybridized carbons (Fsp3) is 0. The van der Waals surface area contributed by atoms with E-state index in [4.69, 9.17) is 47.6 Å². The van der Waals surface area contributed by atoms with Crippen LogP contribution in [0.4, 0.5) is 0 Å². The first-order valence-corrected chi connectivity index (χ1v) is 38.1. The van der Waals surface area contributed by atoms with Crippen LogP contribution in [-0.2, 0) is 0 Å². The van der Waals surface area contributed by atoms with Gasteiger partial charge in [0, 0.05) is 104 Å². The fourth-order valence-electron chi connectivity index (χ4n) is 17.4. The quantitative estimate of drug-likeness (QED) is 0.123. The highest BCUT2D eigenvalue weighted by atomic mass is 16.3. The number of furan rings is 4. The van der Waals surface area contributed by atoms with Gasteiger partial charge in [-0.2, -0.15) is 0 Å². The number of nitrogens with zero attached hydrogens (tertiary/aromatic N) is 8. The van der Waals surface area contributed by atoms with E-state index in [0.717, 1.165) is 160 Å². The summed E-state index contributed by atoms with van der Waals surface area (Å²) in [6, 6.07) is 122. The minimum absolute atomic E-state index is 0.465. The zero-order chi connectivity index (χ0) is 74.6. The van der Waals surface area contributed by atoms with Crippen molar-refractivity contribution < 1.29 is 17.7 Å². The maximum atomic E-state index is 7.04. The van der Waals surface area contributed by atoms with Crippen LogP contribution in [-0.4, -0.2) is 39.0 Å². The van der Waals surface area contributed by atoms with Gasteiger partial charge in [-0.25, -0.2) is 29.9 Å². The molecule has 0 N–H and O–H groups in total. The molecule has 24 aromatic rings. The minimum Gasteiger partial charge on any atom is -0.456 e. The van der Waals surface area contributed by atoms with E-state index in [9.17, 15) is 0 Å². The number of rotatable bonds is 11. The molecule has 12 nitrogen and oxygen atoms in total. The minimum atomic E-state index is 0.465. The van der Waals surface area contributed by atoms with Gasteiger partial charge in [0.25, 0.3) is 0 Å². The molecule has 0 unspecified atom stereocenters. The van der Waals surface area contributed by atoms with E-state index < -0.39 is 0 Å². The van der Waals surface area contributed by atoms with Crippen LogP contribution in [0.3, 0.4) is 0 Å². The number of aromatic nitrogens is 8. The molecule has 0 aliphatic heterocycles. The zero-order valence-electron chi connectivity index (χ0n) is 60.7. The van der Waals surface area contributed by atoms with Crippen LogP contribution in [0.5, 0.6) is 0 Å². The topological polar surface area (TPSA) is 140 Å². The van der Waals surface area contributed by atoms with Crippen LogP contribution >= 0.6 is 0 Å². The van der Waals surface area contributed by atoms with Gasteiger partial charge in [0.2, 0.25) is 0 Å². The smallest absolute Gasteiger partial charge is 0.167 e. The van der Waals surface area contributed by atoms with E-state index in [-0.39, 0.29) is 0 Å². The molecule has 0 saturated carbocycles. The lowest BCUT2D eigenvalue weighted by Crippen LogP contribution is -2.00. The van der Waals surface area contributed by atoms with Crippen molar-refractivity contribution in [2.45, 2.75) is 0 Å². The van der Waals surface area contributed by atoms with Crippen LogP contribution in [0.25, 0.3) is 244 Å². The maximum Gasteiger partial charge on any atom is 0.167 e. The lowest BCUT2D eigenvalue weighted by Gasteiger charge is -2.10. The molecule has 530 valence electrons. The molecule has 0 saturated heterocycles. The van der Waals surface area contributed by atoms with Crippen molar-refractivity contribution in [3.8, 4) is 113 Å². The van der Waals surface area contributed by atoms with Crippen LogP contribution in [0.15, 0.2) is 370 Å². The van der Waals surface area contributed by atoms with Crippen molar-refractivity contribution in [3.05, 3.63) is 352 Å². The molecular formula is C102H58N8O4. The second-order valence-corrected chi connectivity index (χ2v) is 29.2. The molecule has 12 heteroatoms. The van der Waals surface area contributed by atoms with Gasteiger partial charge in [0.05, 0.1) is 33.2 Å². The van der Waals surface area contributed by atoms with Gasteiger partial charge >= 0.3 is 0 Å². The van der Waals surface area contributed by atoms with Crippen LogP contribution in [0, 0.1) is 0 Å². The monoisotopic (exact) mass is 1460 g/mol. The third-order valence-electron chi connectivity index (χ3n) is 22.7. The Hall–Kier alpha value is -15.7. The number of para-hydroxylation sites is 8. The van der Waals surface area contributed by atoms with E-state index in [1.807, 2.05) is 91.0 Å². The Morgan fingerprint density at radius 2 is 0.526 bits per heavy atom. The summed E-state index contributed by atoms with van der Waals surface area (Å²) < 4.78 is 32.3. The van der Waals surface area contributed by atoms with Gasteiger partial charge in [-0.05, 0) is 155 Å². The van der Waals surface area contributed by atoms with Gasteiger partial charge in [0.15, 0.2) is 34.9 Å². The predicted molar refractivity (Wildman–Crippen MR) is 460 cm³/mol. The highest BCUT2D eigenvalue weighted by molar-refractivity contribution is 6.18. The molecule has 0 spiro atoms. The zero-order valence-corrected chi connectivity index (χ0v) is 60.7. The van der Waals surface area contributed by atoms with E-state index in [1.165, 1.54) is 27.1 Å². The van der Waals surface area contributed by atoms with Crippen molar-refractivity contribution in [2.24, 2.45) is 0 Å². The molecule has 0 radical (unpaired) electrons.